The highest BCUT2D eigenvalue weighted by molar-refractivity contribution is 6.47. The maximum atomic E-state index is 6.77. The third-order valence-electron chi connectivity index (χ3n) is 5.51. The van der Waals surface area contributed by atoms with Gasteiger partial charge in [0.2, 0.25) is 0 Å². The molecule has 0 aliphatic carbocycles. The summed E-state index contributed by atoms with van der Waals surface area (Å²) >= 11 is 0. The van der Waals surface area contributed by atoms with E-state index in [9.17, 15) is 0 Å². The average molecular weight is 288 g/mol. The first-order valence-corrected chi connectivity index (χ1v) is 8.13. The lowest BCUT2D eigenvalue weighted by molar-refractivity contribution is -0.716. The minimum Gasteiger partial charge on any atom is -0.630 e. The van der Waals surface area contributed by atoms with Crippen molar-refractivity contribution in [1.29, 1.82) is 0 Å². The Morgan fingerprint density at radius 2 is 1.59 bits per heavy atom. The van der Waals surface area contributed by atoms with E-state index in [4.69, 9.17) is 12.6 Å². The van der Waals surface area contributed by atoms with Crippen LogP contribution in [0.1, 0.15) is 24.0 Å². The van der Waals surface area contributed by atoms with Gasteiger partial charge in [-0.1, -0.05) is 60.7 Å². The van der Waals surface area contributed by atoms with Gasteiger partial charge < -0.3 is 8.96 Å². The van der Waals surface area contributed by atoms with Gasteiger partial charge in [0.25, 0.3) is 0 Å². The van der Waals surface area contributed by atoms with E-state index in [1.165, 1.54) is 11.1 Å². The molecule has 0 aromatic heterocycles. The second kappa shape index (κ2) is 5.00. The highest BCUT2D eigenvalue weighted by atomic mass is 16.5. The molecule has 2 fully saturated rings. The van der Waals surface area contributed by atoms with Crippen molar-refractivity contribution in [2.45, 2.75) is 31.3 Å². The minimum absolute atomic E-state index is 0.00733. The van der Waals surface area contributed by atoms with Crippen molar-refractivity contribution in [2.75, 3.05) is 6.54 Å². The smallest absolute Gasteiger partial charge is 0.520 e. The van der Waals surface area contributed by atoms with Gasteiger partial charge in [-0.05, 0) is 17.5 Å². The van der Waals surface area contributed by atoms with Crippen molar-refractivity contribution in [3.8, 4) is 0 Å². The highest BCUT2D eigenvalue weighted by Crippen LogP contribution is 2.51. The van der Waals surface area contributed by atoms with Gasteiger partial charge in [0.15, 0.2) is 5.60 Å². The largest absolute Gasteiger partial charge is 0.630 e. The molecule has 3 radical (unpaired) electrons. The molecule has 2 nitrogen and oxygen atoms in total. The number of rotatable bonds is 2. The van der Waals surface area contributed by atoms with Crippen LogP contribution in [0.4, 0.5) is 0 Å². The molecule has 4 rings (SSSR count). The van der Waals surface area contributed by atoms with Crippen LogP contribution < -0.4 is 0 Å². The van der Waals surface area contributed by atoms with Gasteiger partial charge in [0.05, 0.1) is 6.04 Å². The van der Waals surface area contributed by atoms with Crippen LogP contribution in [0.15, 0.2) is 60.7 Å². The maximum absolute atomic E-state index is 6.77. The minimum atomic E-state index is -0.437. The first-order chi connectivity index (χ1) is 10.7. The fourth-order valence-electron chi connectivity index (χ4n) is 4.44. The van der Waals surface area contributed by atoms with Gasteiger partial charge in [-0.15, -0.1) is 0 Å². The fourth-order valence-corrected chi connectivity index (χ4v) is 4.44. The van der Waals surface area contributed by atoms with E-state index in [2.05, 4.69) is 67.5 Å². The number of hydrogen-bond acceptors (Lipinski definition) is 1. The van der Waals surface area contributed by atoms with E-state index in [0.29, 0.717) is 4.31 Å². The molecule has 0 spiro atoms. The van der Waals surface area contributed by atoms with E-state index in [0.717, 1.165) is 19.4 Å². The van der Waals surface area contributed by atoms with Crippen LogP contribution >= 0.6 is 0 Å². The normalized spacial score (nSPS) is 29.5. The molecule has 109 valence electrons. The topological polar surface area (TPSA) is 9.23 Å². The molecule has 0 saturated carbocycles. The lowest BCUT2D eigenvalue weighted by Gasteiger charge is -2.51. The molecule has 2 aliphatic rings. The van der Waals surface area contributed by atoms with Gasteiger partial charge in [-0.3, -0.25) is 0 Å². The third kappa shape index (κ3) is 1.77. The van der Waals surface area contributed by atoms with Crippen molar-refractivity contribution in [1.82, 2.24) is 0 Å². The van der Waals surface area contributed by atoms with Gasteiger partial charge >= 0.3 is 7.05 Å². The Hall–Kier alpha value is -1.51. The summed E-state index contributed by atoms with van der Waals surface area (Å²) in [7, 11) is 6.78. The molecule has 2 aromatic carbocycles. The quantitative estimate of drug-likeness (QED) is 0.771. The lowest BCUT2D eigenvalue weighted by atomic mass is 9.75. The summed E-state index contributed by atoms with van der Waals surface area (Å²) < 4.78 is 7.17. The Morgan fingerprint density at radius 3 is 2.14 bits per heavy atom. The number of nitrogens with zero attached hydrogens (tertiary/aromatic N) is 1. The summed E-state index contributed by atoms with van der Waals surface area (Å²) in [6.07, 6.45) is 2.26. The summed E-state index contributed by atoms with van der Waals surface area (Å²) in [4.78, 5) is 0. The maximum Gasteiger partial charge on any atom is 0.520 e. The number of quaternary nitrogens is 1. The average Bonchev–Trinajstić information content (AvgIpc) is 3.06. The molecule has 2 saturated heterocycles. The van der Waals surface area contributed by atoms with E-state index >= 15 is 0 Å². The Kier molecular flexibility index (Phi) is 3.21. The molecule has 2 aromatic rings. The predicted octanol–water partition coefficient (Wildman–Crippen LogP) is 3.14. The highest BCUT2D eigenvalue weighted by Gasteiger charge is 2.60. The van der Waals surface area contributed by atoms with Crippen molar-refractivity contribution in [3.63, 3.8) is 0 Å². The van der Waals surface area contributed by atoms with E-state index in [1.54, 1.807) is 0 Å². The van der Waals surface area contributed by atoms with Gasteiger partial charge in [-0.2, -0.15) is 0 Å². The first kappa shape index (κ1) is 14.1. The molecule has 22 heavy (non-hydrogen) atoms. The molecule has 2 heterocycles. The van der Waals surface area contributed by atoms with Gasteiger partial charge in [-0.25, -0.2) is 7.98 Å². The molecule has 2 atom stereocenters. The SMILES string of the molecule is [B-][N+]12CCC[C@H]1C(c1ccccc1)(c1ccccc1)OB2C. The van der Waals surface area contributed by atoms with E-state index in [-0.39, 0.29) is 13.1 Å². The molecule has 0 N–H and O–H groups in total. The van der Waals surface area contributed by atoms with Gasteiger partial charge in [0, 0.05) is 19.8 Å². The molecule has 4 heteroatoms. The monoisotopic (exact) mass is 288 g/mol. The lowest BCUT2D eigenvalue weighted by Crippen LogP contribution is -2.55. The predicted molar refractivity (Wildman–Crippen MR) is 90.3 cm³/mol. The Balaban J connectivity index is 1.95. The molecule has 0 amide bonds. The summed E-state index contributed by atoms with van der Waals surface area (Å²) in [6.45, 7) is 3.11. The van der Waals surface area contributed by atoms with Crippen molar-refractivity contribution in [3.05, 3.63) is 71.8 Å². The molecular formula is C18H20B2NO. The van der Waals surface area contributed by atoms with Crippen LogP contribution in [0.2, 0.25) is 6.82 Å². The van der Waals surface area contributed by atoms with Crippen molar-refractivity contribution < 1.29 is 8.96 Å². The summed E-state index contributed by atoms with van der Waals surface area (Å²) in [5, 5.41) is 0. The molecule has 1 unspecified atom stereocenters. The van der Waals surface area contributed by atoms with Crippen LogP contribution in [-0.2, 0) is 10.3 Å². The summed E-state index contributed by atoms with van der Waals surface area (Å²) in [5.41, 5.74) is 1.99. The van der Waals surface area contributed by atoms with Crippen LogP contribution in [0.25, 0.3) is 0 Å². The van der Waals surface area contributed by atoms with Crippen LogP contribution in [-0.4, -0.2) is 31.9 Å². The Labute approximate surface area is 134 Å². The van der Waals surface area contributed by atoms with E-state index in [1.807, 2.05) is 0 Å². The first-order valence-electron chi connectivity index (χ1n) is 8.13. The number of fused-ring (bicyclic) bond motifs is 1. The van der Waals surface area contributed by atoms with Crippen molar-refractivity contribution >= 4 is 15.0 Å². The van der Waals surface area contributed by atoms with E-state index < -0.39 is 5.60 Å². The zero-order valence-electron chi connectivity index (χ0n) is 13.0. The third-order valence-corrected chi connectivity index (χ3v) is 5.51. The van der Waals surface area contributed by atoms with Crippen molar-refractivity contribution in [2.24, 2.45) is 0 Å². The van der Waals surface area contributed by atoms with Crippen LogP contribution in [0.3, 0.4) is 0 Å². The molecule has 2 aliphatic heterocycles. The molecular weight excluding hydrogens is 268 g/mol. The van der Waals surface area contributed by atoms with Crippen LogP contribution in [0.5, 0.6) is 0 Å². The Bertz CT molecular complexity index is 624. The summed E-state index contributed by atoms with van der Waals surface area (Å²) in [5.74, 6) is 0. The second-order valence-electron chi connectivity index (χ2n) is 6.56. The number of benzene rings is 2. The number of hydrogen-bond donors (Lipinski definition) is 0. The Morgan fingerprint density at radius 1 is 1.05 bits per heavy atom. The van der Waals surface area contributed by atoms with Crippen LogP contribution in [0, 0.1) is 0 Å². The summed E-state index contributed by atoms with van der Waals surface area (Å²) in [6, 6.07) is 21.4. The zero-order chi connectivity index (χ0) is 15.2. The fraction of sp³-hybridized carbons (Fsp3) is 0.333. The molecule has 0 bridgehead atoms. The standard InChI is InChI=1S/C18H20B2NO/c1-20-21(19)14-8-13-17(21)18(22-20,15-9-4-2-5-10-15)16-11-6-3-7-12-16/h2-7,9-12,17H,8,13-14H2,1H3/t17-,21?/m0/s1. The second-order valence-corrected chi connectivity index (χ2v) is 6.56. The zero-order valence-corrected chi connectivity index (χ0v) is 13.0. The van der Waals surface area contributed by atoms with Gasteiger partial charge in [0.1, 0.15) is 0 Å².